The Morgan fingerprint density at radius 2 is 1.95 bits per heavy atom. The highest BCUT2D eigenvalue weighted by molar-refractivity contribution is 5.78. The number of benzene rings is 1. The lowest BCUT2D eigenvalue weighted by Gasteiger charge is -2.26. The number of aryl methyl sites for hydroxylation is 1. The third-order valence-corrected chi connectivity index (χ3v) is 4.98. The van der Waals surface area contributed by atoms with E-state index >= 15 is 0 Å². The van der Waals surface area contributed by atoms with Gasteiger partial charge in [-0.3, -0.25) is 9.36 Å². The number of likely N-dealkylation sites (N-methyl/N-ethyl adjacent to an activating group) is 1. The van der Waals surface area contributed by atoms with E-state index < -0.39 is 0 Å². The number of nitrogens with zero attached hydrogens (tertiary/aromatic N) is 3. The summed E-state index contributed by atoms with van der Waals surface area (Å²) in [6.07, 6.45) is 4.84. The summed E-state index contributed by atoms with van der Waals surface area (Å²) in [6.45, 7) is 9.45. The normalized spacial score (nSPS) is 16.4. The summed E-state index contributed by atoms with van der Waals surface area (Å²) in [5, 5.41) is 0.757. The molecule has 1 aliphatic carbocycles. The Morgan fingerprint density at radius 1 is 1.23 bits per heavy atom. The first-order chi connectivity index (χ1) is 10.6. The van der Waals surface area contributed by atoms with Crippen molar-refractivity contribution in [3.63, 3.8) is 0 Å². The van der Waals surface area contributed by atoms with Gasteiger partial charge in [0.05, 0.1) is 22.8 Å². The van der Waals surface area contributed by atoms with Gasteiger partial charge < -0.3 is 4.90 Å². The molecule has 1 aromatic carbocycles. The van der Waals surface area contributed by atoms with Gasteiger partial charge in [0.1, 0.15) is 0 Å². The summed E-state index contributed by atoms with van der Waals surface area (Å²) < 4.78 is 1.90. The monoisotopic (exact) mass is 299 g/mol. The molecule has 0 N–H and O–H groups in total. The van der Waals surface area contributed by atoms with Crippen LogP contribution in [0.2, 0.25) is 0 Å². The maximum Gasteiger partial charge on any atom is 0.261 e. The maximum atomic E-state index is 12.9. The summed E-state index contributed by atoms with van der Waals surface area (Å²) in [7, 11) is 0. The first-order valence-electron chi connectivity index (χ1n) is 8.36. The average molecular weight is 299 g/mol. The highest BCUT2D eigenvalue weighted by Gasteiger charge is 2.46. The van der Waals surface area contributed by atoms with Crippen LogP contribution in [0.3, 0.4) is 0 Å². The van der Waals surface area contributed by atoms with Crippen LogP contribution in [0.25, 0.3) is 10.9 Å². The van der Waals surface area contributed by atoms with Crippen LogP contribution < -0.4 is 5.56 Å². The largest absolute Gasteiger partial charge is 0.302 e. The molecule has 0 atom stereocenters. The second kappa shape index (κ2) is 5.84. The van der Waals surface area contributed by atoms with E-state index in [0.717, 1.165) is 49.8 Å². The van der Waals surface area contributed by atoms with E-state index in [9.17, 15) is 4.79 Å². The molecule has 0 unspecified atom stereocenters. The van der Waals surface area contributed by atoms with Crippen LogP contribution in [0, 0.1) is 0 Å². The Labute approximate surface area is 131 Å². The second-order valence-electron chi connectivity index (χ2n) is 6.31. The molecule has 1 fully saturated rings. The van der Waals surface area contributed by atoms with Crippen LogP contribution in [0.5, 0.6) is 0 Å². The van der Waals surface area contributed by atoms with E-state index in [0.29, 0.717) is 0 Å². The van der Waals surface area contributed by atoms with Gasteiger partial charge in [-0.25, -0.2) is 4.98 Å². The molecule has 0 aliphatic heterocycles. The van der Waals surface area contributed by atoms with Crippen LogP contribution in [0.1, 0.15) is 39.2 Å². The van der Waals surface area contributed by atoms with Crippen LogP contribution in [-0.4, -0.2) is 34.1 Å². The number of hydrogen-bond acceptors (Lipinski definition) is 3. The lowest BCUT2D eigenvalue weighted by Crippen LogP contribution is -2.40. The SMILES string of the molecule is CCc1ccc2ncn(C3(CN(CC)CC)CC3)c(=O)c2c1. The highest BCUT2D eigenvalue weighted by atomic mass is 16.1. The van der Waals surface area contributed by atoms with Crippen LogP contribution in [-0.2, 0) is 12.0 Å². The molecule has 1 saturated carbocycles. The minimum atomic E-state index is -0.0352. The van der Waals surface area contributed by atoms with Gasteiger partial charge in [0.2, 0.25) is 0 Å². The van der Waals surface area contributed by atoms with E-state index in [2.05, 4.69) is 36.7 Å². The molecule has 1 aliphatic rings. The minimum absolute atomic E-state index is 0.0352. The van der Waals surface area contributed by atoms with Gasteiger partial charge in [-0.2, -0.15) is 0 Å². The fourth-order valence-electron chi connectivity index (χ4n) is 3.21. The van der Waals surface area contributed by atoms with E-state index in [1.807, 2.05) is 16.7 Å². The topological polar surface area (TPSA) is 38.1 Å². The molecule has 118 valence electrons. The fraction of sp³-hybridized carbons (Fsp3) is 0.556. The zero-order valence-corrected chi connectivity index (χ0v) is 13.8. The Kier molecular flexibility index (Phi) is 4.04. The number of rotatable bonds is 6. The Bertz CT molecular complexity index is 727. The van der Waals surface area contributed by atoms with E-state index in [1.165, 1.54) is 5.56 Å². The van der Waals surface area contributed by atoms with Gasteiger partial charge >= 0.3 is 0 Å². The maximum absolute atomic E-state index is 12.9. The molecule has 1 aromatic heterocycles. The molecule has 0 radical (unpaired) electrons. The zero-order valence-electron chi connectivity index (χ0n) is 13.8. The van der Waals surface area contributed by atoms with E-state index in [1.54, 1.807) is 6.33 Å². The zero-order chi connectivity index (χ0) is 15.7. The summed E-state index contributed by atoms with van der Waals surface area (Å²) in [5.74, 6) is 0. The summed E-state index contributed by atoms with van der Waals surface area (Å²) in [5.41, 5.74) is 2.08. The van der Waals surface area contributed by atoms with Crippen molar-refractivity contribution in [1.82, 2.24) is 14.5 Å². The van der Waals surface area contributed by atoms with Crippen molar-refractivity contribution < 1.29 is 0 Å². The van der Waals surface area contributed by atoms with Crippen molar-refractivity contribution in [3.8, 4) is 0 Å². The molecular weight excluding hydrogens is 274 g/mol. The second-order valence-corrected chi connectivity index (χ2v) is 6.31. The number of hydrogen-bond donors (Lipinski definition) is 0. The molecule has 1 heterocycles. The Balaban J connectivity index is 2.04. The van der Waals surface area contributed by atoms with Gasteiger partial charge in [0, 0.05) is 6.54 Å². The quantitative estimate of drug-likeness (QED) is 0.823. The van der Waals surface area contributed by atoms with Crippen molar-refractivity contribution in [2.75, 3.05) is 19.6 Å². The Hall–Kier alpha value is -1.68. The first-order valence-corrected chi connectivity index (χ1v) is 8.36. The third-order valence-electron chi connectivity index (χ3n) is 4.98. The van der Waals surface area contributed by atoms with E-state index in [-0.39, 0.29) is 11.1 Å². The number of fused-ring (bicyclic) bond motifs is 1. The van der Waals surface area contributed by atoms with Crippen molar-refractivity contribution in [3.05, 3.63) is 40.4 Å². The molecule has 4 nitrogen and oxygen atoms in total. The first kappa shape index (κ1) is 15.2. The molecule has 0 amide bonds. The summed E-state index contributed by atoms with van der Waals surface area (Å²) >= 11 is 0. The summed E-state index contributed by atoms with van der Waals surface area (Å²) in [4.78, 5) is 19.9. The van der Waals surface area contributed by atoms with Gasteiger partial charge in [-0.15, -0.1) is 0 Å². The standard InChI is InChI=1S/C18H25N3O/c1-4-14-7-8-16-15(11-14)17(22)21(13-19-16)18(9-10-18)12-20(5-2)6-3/h7-8,11,13H,4-6,9-10,12H2,1-3H3. The molecule has 3 rings (SSSR count). The van der Waals surface area contributed by atoms with Crippen LogP contribution in [0.15, 0.2) is 29.3 Å². The minimum Gasteiger partial charge on any atom is -0.302 e. The molecule has 22 heavy (non-hydrogen) atoms. The molecule has 0 saturated heterocycles. The van der Waals surface area contributed by atoms with Crippen LogP contribution >= 0.6 is 0 Å². The number of aromatic nitrogens is 2. The lowest BCUT2D eigenvalue weighted by molar-refractivity contribution is 0.236. The predicted octanol–water partition coefficient (Wildman–Crippen LogP) is 2.79. The summed E-state index contributed by atoms with van der Waals surface area (Å²) in [6, 6.07) is 6.03. The third kappa shape index (κ3) is 2.56. The lowest BCUT2D eigenvalue weighted by atomic mass is 10.1. The van der Waals surface area contributed by atoms with Gasteiger partial charge in [-0.1, -0.05) is 26.8 Å². The van der Waals surface area contributed by atoms with Crippen molar-refractivity contribution in [2.24, 2.45) is 0 Å². The smallest absolute Gasteiger partial charge is 0.261 e. The average Bonchev–Trinajstić information content (AvgIpc) is 3.33. The van der Waals surface area contributed by atoms with Crippen molar-refractivity contribution in [2.45, 2.75) is 45.6 Å². The highest BCUT2D eigenvalue weighted by Crippen LogP contribution is 2.43. The molecule has 2 aromatic rings. The van der Waals surface area contributed by atoms with Gasteiger partial charge in [0.15, 0.2) is 0 Å². The predicted molar refractivity (Wildman–Crippen MR) is 90.4 cm³/mol. The van der Waals surface area contributed by atoms with Gasteiger partial charge in [-0.05, 0) is 50.0 Å². The van der Waals surface area contributed by atoms with Gasteiger partial charge in [0.25, 0.3) is 5.56 Å². The Morgan fingerprint density at radius 3 is 2.55 bits per heavy atom. The molecule has 0 bridgehead atoms. The molecule has 0 spiro atoms. The van der Waals surface area contributed by atoms with Crippen molar-refractivity contribution in [1.29, 1.82) is 0 Å². The van der Waals surface area contributed by atoms with Crippen LogP contribution in [0.4, 0.5) is 0 Å². The van der Waals surface area contributed by atoms with Crippen molar-refractivity contribution >= 4 is 10.9 Å². The van der Waals surface area contributed by atoms with E-state index in [4.69, 9.17) is 0 Å². The fourth-order valence-corrected chi connectivity index (χ4v) is 3.21. The molecular formula is C18H25N3O. The molecule has 4 heteroatoms.